The summed E-state index contributed by atoms with van der Waals surface area (Å²) in [7, 11) is 1.59. The molecule has 0 unspecified atom stereocenters. The Balaban J connectivity index is 3.95. The van der Waals surface area contributed by atoms with Crippen LogP contribution in [-0.2, 0) is 9.53 Å². The number of nitrogens with two attached hydrogens (primary N) is 1. The molecular weight excluding hydrogens is 154 g/mol. The van der Waals surface area contributed by atoms with Gasteiger partial charge in [0, 0.05) is 7.11 Å². The van der Waals surface area contributed by atoms with Gasteiger partial charge in [-0.3, -0.25) is 4.79 Å². The normalized spacial score (nSPS) is 15.2. The molecule has 0 aliphatic carbocycles. The van der Waals surface area contributed by atoms with Crippen molar-refractivity contribution in [1.29, 1.82) is 0 Å². The Morgan fingerprint density at radius 3 is 2.67 bits per heavy atom. The molecule has 0 saturated heterocycles. The predicted molar refractivity (Wildman–Crippen MR) is 48.6 cm³/mol. The Morgan fingerprint density at radius 2 is 2.33 bits per heavy atom. The van der Waals surface area contributed by atoms with Gasteiger partial charge >= 0.3 is 0 Å². The lowest BCUT2D eigenvalue weighted by atomic mass is 10.00. The van der Waals surface area contributed by atoms with Gasteiger partial charge in [0.15, 0.2) is 0 Å². The second kappa shape index (κ2) is 5.77. The van der Waals surface area contributed by atoms with Crippen LogP contribution in [0.3, 0.4) is 0 Å². The summed E-state index contributed by atoms with van der Waals surface area (Å²) in [6, 6.07) is 0. The largest absolute Gasteiger partial charge is 0.381 e. The van der Waals surface area contributed by atoms with Gasteiger partial charge < -0.3 is 10.5 Å². The van der Waals surface area contributed by atoms with E-state index in [9.17, 15) is 4.79 Å². The number of amides is 1. The summed E-state index contributed by atoms with van der Waals surface area (Å²) < 4.78 is 5.13. The standard InChI is InChI=1S/C9H17NO2/c1-4-5-6-8(12-3)7(2)9(10)11/h4,7-8H,1,5-6H2,2-3H3,(H2,10,11)/t7-,8-/m1/s1. The SMILES string of the molecule is C=CCC[C@@H](OC)[C@@H](C)C(N)=O. The van der Waals surface area contributed by atoms with E-state index >= 15 is 0 Å². The quantitative estimate of drug-likeness (QED) is 0.608. The molecule has 1 amide bonds. The van der Waals surface area contributed by atoms with E-state index in [1.54, 1.807) is 20.1 Å². The highest BCUT2D eigenvalue weighted by Gasteiger charge is 2.20. The molecule has 2 atom stereocenters. The van der Waals surface area contributed by atoms with Crippen LogP contribution >= 0.6 is 0 Å². The van der Waals surface area contributed by atoms with Gasteiger partial charge in [0.1, 0.15) is 0 Å². The fourth-order valence-electron chi connectivity index (χ4n) is 1.04. The summed E-state index contributed by atoms with van der Waals surface area (Å²) in [5.74, 6) is -0.541. The highest BCUT2D eigenvalue weighted by molar-refractivity contribution is 5.76. The topological polar surface area (TPSA) is 52.3 Å². The molecule has 3 heteroatoms. The fraction of sp³-hybridized carbons (Fsp3) is 0.667. The molecule has 3 nitrogen and oxygen atoms in total. The summed E-state index contributed by atoms with van der Waals surface area (Å²) >= 11 is 0. The van der Waals surface area contributed by atoms with Crippen molar-refractivity contribution in [2.75, 3.05) is 7.11 Å². The third kappa shape index (κ3) is 3.53. The maximum Gasteiger partial charge on any atom is 0.222 e. The van der Waals surface area contributed by atoms with Gasteiger partial charge in [0.25, 0.3) is 0 Å². The summed E-state index contributed by atoms with van der Waals surface area (Å²) in [4.78, 5) is 10.8. The van der Waals surface area contributed by atoms with Crippen molar-refractivity contribution in [3.63, 3.8) is 0 Å². The lowest BCUT2D eigenvalue weighted by Gasteiger charge is -2.18. The molecule has 0 aliphatic heterocycles. The summed E-state index contributed by atoms with van der Waals surface area (Å²) in [5, 5.41) is 0. The molecule has 0 heterocycles. The van der Waals surface area contributed by atoms with Crippen LogP contribution in [0.2, 0.25) is 0 Å². The number of carbonyl (C=O) groups is 1. The van der Waals surface area contributed by atoms with E-state index in [0.29, 0.717) is 0 Å². The van der Waals surface area contributed by atoms with E-state index in [1.807, 2.05) is 0 Å². The molecule has 0 fully saturated rings. The van der Waals surface area contributed by atoms with Crippen molar-refractivity contribution < 1.29 is 9.53 Å². The molecule has 0 spiro atoms. The van der Waals surface area contributed by atoms with Gasteiger partial charge in [0.2, 0.25) is 5.91 Å². The minimum Gasteiger partial charge on any atom is -0.381 e. The molecule has 0 saturated carbocycles. The molecule has 0 aliphatic rings. The Bertz CT molecular complexity index is 157. The van der Waals surface area contributed by atoms with Crippen LogP contribution in [-0.4, -0.2) is 19.1 Å². The third-order valence-electron chi connectivity index (χ3n) is 1.96. The monoisotopic (exact) mass is 171 g/mol. The zero-order valence-corrected chi connectivity index (χ0v) is 7.75. The molecule has 70 valence electrons. The van der Waals surface area contributed by atoms with E-state index in [2.05, 4.69) is 6.58 Å². The highest BCUT2D eigenvalue weighted by Crippen LogP contribution is 2.12. The van der Waals surface area contributed by atoms with Crippen LogP contribution in [0.25, 0.3) is 0 Å². The molecule has 0 radical (unpaired) electrons. The van der Waals surface area contributed by atoms with E-state index in [0.717, 1.165) is 12.8 Å². The first kappa shape index (κ1) is 11.2. The first-order chi connectivity index (χ1) is 5.63. The molecule has 0 rings (SSSR count). The number of hydrogen-bond acceptors (Lipinski definition) is 2. The zero-order valence-electron chi connectivity index (χ0n) is 7.75. The molecule has 2 N–H and O–H groups in total. The number of allylic oxidation sites excluding steroid dienone is 1. The van der Waals surface area contributed by atoms with Crippen LogP contribution in [0.15, 0.2) is 12.7 Å². The molecule has 0 aromatic carbocycles. The van der Waals surface area contributed by atoms with Gasteiger partial charge in [-0.25, -0.2) is 0 Å². The van der Waals surface area contributed by atoms with Crippen LogP contribution in [0, 0.1) is 5.92 Å². The second-order valence-corrected chi connectivity index (χ2v) is 2.83. The average Bonchev–Trinajstić information content (AvgIpc) is 2.05. The number of primary amides is 1. The Kier molecular flexibility index (Phi) is 5.37. The average molecular weight is 171 g/mol. The summed E-state index contributed by atoms with van der Waals surface area (Å²) in [6.07, 6.45) is 3.36. The second-order valence-electron chi connectivity index (χ2n) is 2.83. The molecule has 0 aromatic heterocycles. The third-order valence-corrected chi connectivity index (χ3v) is 1.96. The van der Waals surface area contributed by atoms with Gasteiger partial charge in [-0.2, -0.15) is 0 Å². The van der Waals surface area contributed by atoms with Crippen molar-refractivity contribution >= 4 is 5.91 Å². The fourth-order valence-corrected chi connectivity index (χ4v) is 1.04. The van der Waals surface area contributed by atoms with Crippen LogP contribution in [0.1, 0.15) is 19.8 Å². The smallest absolute Gasteiger partial charge is 0.222 e. The van der Waals surface area contributed by atoms with Crippen molar-refractivity contribution in [1.82, 2.24) is 0 Å². The van der Waals surface area contributed by atoms with E-state index in [4.69, 9.17) is 10.5 Å². The van der Waals surface area contributed by atoms with E-state index in [1.165, 1.54) is 0 Å². The van der Waals surface area contributed by atoms with Crippen molar-refractivity contribution in [2.24, 2.45) is 11.7 Å². The molecule has 0 bridgehead atoms. The number of hydrogen-bond donors (Lipinski definition) is 1. The van der Waals surface area contributed by atoms with Gasteiger partial charge in [-0.1, -0.05) is 13.0 Å². The first-order valence-corrected chi connectivity index (χ1v) is 4.06. The summed E-state index contributed by atoms with van der Waals surface area (Å²) in [6.45, 7) is 5.38. The first-order valence-electron chi connectivity index (χ1n) is 4.06. The molecule has 12 heavy (non-hydrogen) atoms. The van der Waals surface area contributed by atoms with Gasteiger partial charge in [-0.05, 0) is 12.8 Å². The summed E-state index contributed by atoms with van der Waals surface area (Å²) in [5.41, 5.74) is 5.14. The van der Waals surface area contributed by atoms with Gasteiger partial charge in [-0.15, -0.1) is 6.58 Å². The molecule has 0 aromatic rings. The maximum atomic E-state index is 10.8. The lowest BCUT2D eigenvalue weighted by molar-refractivity contribution is -0.125. The van der Waals surface area contributed by atoms with Crippen LogP contribution in [0.4, 0.5) is 0 Å². The highest BCUT2D eigenvalue weighted by atomic mass is 16.5. The van der Waals surface area contributed by atoms with Crippen molar-refractivity contribution in [3.05, 3.63) is 12.7 Å². The van der Waals surface area contributed by atoms with Crippen LogP contribution in [0.5, 0.6) is 0 Å². The zero-order chi connectivity index (χ0) is 9.56. The predicted octanol–water partition coefficient (Wildman–Crippen LogP) is 1.09. The number of ether oxygens (including phenoxy) is 1. The number of rotatable bonds is 6. The van der Waals surface area contributed by atoms with Crippen molar-refractivity contribution in [2.45, 2.75) is 25.9 Å². The number of methoxy groups -OCH3 is 1. The Morgan fingerprint density at radius 1 is 1.75 bits per heavy atom. The lowest BCUT2D eigenvalue weighted by Crippen LogP contribution is -2.32. The minimum atomic E-state index is -0.314. The van der Waals surface area contributed by atoms with E-state index in [-0.39, 0.29) is 17.9 Å². The van der Waals surface area contributed by atoms with E-state index < -0.39 is 0 Å². The Hall–Kier alpha value is -0.830. The minimum absolute atomic E-state index is 0.0829. The van der Waals surface area contributed by atoms with Gasteiger partial charge in [0.05, 0.1) is 12.0 Å². The molecular formula is C9H17NO2. The van der Waals surface area contributed by atoms with Crippen LogP contribution < -0.4 is 5.73 Å². The van der Waals surface area contributed by atoms with Crippen molar-refractivity contribution in [3.8, 4) is 0 Å². The maximum absolute atomic E-state index is 10.8. The Labute approximate surface area is 73.6 Å². The number of carbonyl (C=O) groups excluding carboxylic acids is 1.